The zero-order chi connectivity index (χ0) is 17.2. The SMILES string of the molecule is CC(=O)CSc1nnc(-c2ccc(-c3ccc4nccnc4c3)o2)[nH]1. The van der Waals surface area contributed by atoms with Gasteiger partial charge in [-0.05, 0) is 37.3 Å². The van der Waals surface area contributed by atoms with Crippen molar-refractivity contribution in [2.24, 2.45) is 0 Å². The maximum atomic E-state index is 11.0. The molecular weight excluding hydrogens is 338 g/mol. The topological polar surface area (TPSA) is 97.6 Å². The van der Waals surface area contributed by atoms with E-state index in [4.69, 9.17) is 4.42 Å². The van der Waals surface area contributed by atoms with E-state index in [2.05, 4.69) is 25.1 Å². The molecule has 0 unspecified atom stereocenters. The Kier molecular flexibility index (Phi) is 4.02. The summed E-state index contributed by atoms with van der Waals surface area (Å²) < 4.78 is 5.89. The molecule has 0 aliphatic heterocycles. The minimum absolute atomic E-state index is 0.0858. The molecule has 3 aromatic heterocycles. The van der Waals surface area contributed by atoms with Gasteiger partial charge in [-0.3, -0.25) is 14.8 Å². The zero-order valence-electron chi connectivity index (χ0n) is 13.3. The van der Waals surface area contributed by atoms with Gasteiger partial charge in [0, 0.05) is 18.0 Å². The molecule has 0 radical (unpaired) electrons. The summed E-state index contributed by atoms with van der Waals surface area (Å²) in [4.78, 5) is 22.7. The number of rotatable bonds is 5. The number of aromatic nitrogens is 5. The highest BCUT2D eigenvalue weighted by Gasteiger charge is 2.12. The highest BCUT2D eigenvalue weighted by Crippen LogP contribution is 2.28. The number of benzene rings is 1. The summed E-state index contributed by atoms with van der Waals surface area (Å²) in [6, 6.07) is 9.48. The normalized spacial score (nSPS) is 11.1. The zero-order valence-corrected chi connectivity index (χ0v) is 14.1. The third-order valence-corrected chi connectivity index (χ3v) is 4.48. The average molecular weight is 351 g/mol. The van der Waals surface area contributed by atoms with Gasteiger partial charge in [-0.1, -0.05) is 11.8 Å². The van der Waals surface area contributed by atoms with Crippen LogP contribution in [0.2, 0.25) is 0 Å². The van der Waals surface area contributed by atoms with Crippen LogP contribution >= 0.6 is 11.8 Å². The quantitative estimate of drug-likeness (QED) is 0.551. The monoisotopic (exact) mass is 351 g/mol. The highest BCUT2D eigenvalue weighted by molar-refractivity contribution is 7.99. The van der Waals surface area contributed by atoms with Gasteiger partial charge in [0.05, 0.1) is 16.8 Å². The van der Waals surface area contributed by atoms with Gasteiger partial charge in [-0.2, -0.15) is 0 Å². The minimum Gasteiger partial charge on any atom is -0.453 e. The Balaban J connectivity index is 1.60. The molecule has 0 saturated carbocycles. The number of hydrogen-bond acceptors (Lipinski definition) is 7. The number of H-pyrrole nitrogens is 1. The molecule has 1 aromatic carbocycles. The predicted molar refractivity (Wildman–Crippen MR) is 94.0 cm³/mol. The number of nitrogens with zero attached hydrogens (tertiary/aromatic N) is 4. The predicted octanol–water partition coefficient (Wildman–Crippen LogP) is 3.36. The first-order chi connectivity index (χ1) is 12.2. The summed E-state index contributed by atoms with van der Waals surface area (Å²) in [7, 11) is 0. The summed E-state index contributed by atoms with van der Waals surface area (Å²) in [5.74, 6) is 2.25. The van der Waals surface area contributed by atoms with Crippen molar-refractivity contribution in [2.75, 3.05) is 5.75 Å². The lowest BCUT2D eigenvalue weighted by Gasteiger charge is -1.99. The molecular formula is C17H13N5O2S. The fourth-order valence-corrected chi connectivity index (χ4v) is 2.94. The van der Waals surface area contributed by atoms with Crippen LogP contribution in [0.4, 0.5) is 0 Å². The number of Topliss-reactive ketones (excluding diaryl/α,β-unsaturated/α-hetero) is 1. The lowest BCUT2D eigenvalue weighted by molar-refractivity contribution is -0.114. The van der Waals surface area contributed by atoms with Gasteiger partial charge in [0.1, 0.15) is 11.5 Å². The van der Waals surface area contributed by atoms with Crippen molar-refractivity contribution in [1.29, 1.82) is 0 Å². The molecule has 0 bridgehead atoms. The van der Waals surface area contributed by atoms with Crippen LogP contribution in [0.15, 0.2) is 52.3 Å². The Hall–Kier alpha value is -3.00. The second-order valence-electron chi connectivity index (χ2n) is 5.39. The van der Waals surface area contributed by atoms with Crippen molar-refractivity contribution in [1.82, 2.24) is 25.1 Å². The van der Waals surface area contributed by atoms with E-state index in [0.29, 0.717) is 28.3 Å². The van der Waals surface area contributed by atoms with Gasteiger partial charge >= 0.3 is 0 Å². The third kappa shape index (κ3) is 3.29. The molecule has 0 saturated heterocycles. The largest absolute Gasteiger partial charge is 0.453 e. The molecule has 0 fully saturated rings. The van der Waals surface area contributed by atoms with Crippen LogP contribution in [0.3, 0.4) is 0 Å². The number of carbonyl (C=O) groups is 1. The fraction of sp³-hybridized carbons (Fsp3) is 0.118. The first kappa shape index (κ1) is 15.5. The van der Waals surface area contributed by atoms with Gasteiger partial charge in [0.2, 0.25) is 0 Å². The van der Waals surface area contributed by atoms with Crippen molar-refractivity contribution in [3.05, 3.63) is 42.7 Å². The van der Waals surface area contributed by atoms with Gasteiger partial charge < -0.3 is 9.40 Å². The Morgan fingerprint density at radius 3 is 2.72 bits per heavy atom. The van der Waals surface area contributed by atoms with Gasteiger partial charge in [-0.15, -0.1) is 10.2 Å². The van der Waals surface area contributed by atoms with E-state index in [9.17, 15) is 4.79 Å². The Morgan fingerprint density at radius 1 is 1.08 bits per heavy atom. The molecule has 7 nitrogen and oxygen atoms in total. The molecule has 8 heteroatoms. The summed E-state index contributed by atoms with van der Waals surface area (Å²) in [5, 5.41) is 8.67. The molecule has 4 rings (SSSR count). The number of hydrogen-bond donors (Lipinski definition) is 1. The minimum atomic E-state index is 0.0858. The van der Waals surface area contributed by atoms with Crippen LogP contribution in [0.1, 0.15) is 6.92 Å². The Bertz CT molecular complexity index is 1060. The van der Waals surface area contributed by atoms with Crippen LogP contribution in [0.25, 0.3) is 33.9 Å². The molecule has 1 N–H and O–H groups in total. The second-order valence-corrected chi connectivity index (χ2v) is 6.36. The fourth-order valence-electron chi connectivity index (χ4n) is 2.33. The van der Waals surface area contributed by atoms with E-state index >= 15 is 0 Å². The summed E-state index contributed by atoms with van der Waals surface area (Å²) in [5.41, 5.74) is 2.55. The van der Waals surface area contributed by atoms with Crippen LogP contribution in [-0.4, -0.2) is 36.7 Å². The lowest BCUT2D eigenvalue weighted by atomic mass is 10.1. The molecule has 0 atom stereocenters. The second kappa shape index (κ2) is 6.48. The summed E-state index contributed by atoms with van der Waals surface area (Å²) in [6.45, 7) is 1.54. The number of aromatic amines is 1. The van der Waals surface area contributed by atoms with Crippen molar-refractivity contribution < 1.29 is 9.21 Å². The highest BCUT2D eigenvalue weighted by atomic mass is 32.2. The van der Waals surface area contributed by atoms with Gasteiger partial charge in [0.15, 0.2) is 16.7 Å². The van der Waals surface area contributed by atoms with Crippen molar-refractivity contribution in [3.63, 3.8) is 0 Å². The third-order valence-electron chi connectivity index (χ3n) is 3.47. The van der Waals surface area contributed by atoms with Crippen LogP contribution < -0.4 is 0 Å². The average Bonchev–Trinajstić information content (AvgIpc) is 3.29. The van der Waals surface area contributed by atoms with Crippen LogP contribution in [0.5, 0.6) is 0 Å². The Morgan fingerprint density at radius 2 is 1.88 bits per heavy atom. The number of furan rings is 1. The maximum Gasteiger partial charge on any atom is 0.197 e. The first-order valence-corrected chi connectivity index (χ1v) is 8.54. The van der Waals surface area contributed by atoms with E-state index in [1.807, 2.05) is 30.3 Å². The summed E-state index contributed by atoms with van der Waals surface area (Å²) >= 11 is 1.31. The van der Waals surface area contributed by atoms with E-state index in [1.54, 1.807) is 12.4 Å². The van der Waals surface area contributed by atoms with Crippen molar-refractivity contribution in [2.45, 2.75) is 12.1 Å². The number of thioether (sulfide) groups is 1. The van der Waals surface area contributed by atoms with E-state index < -0.39 is 0 Å². The first-order valence-electron chi connectivity index (χ1n) is 7.55. The van der Waals surface area contributed by atoms with Gasteiger partial charge in [0.25, 0.3) is 0 Å². The smallest absolute Gasteiger partial charge is 0.197 e. The molecule has 0 spiro atoms. The number of nitrogens with one attached hydrogen (secondary N) is 1. The van der Waals surface area contributed by atoms with Crippen LogP contribution in [0, 0.1) is 0 Å². The summed E-state index contributed by atoms with van der Waals surface area (Å²) in [6.07, 6.45) is 3.33. The van der Waals surface area contributed by atoms with E-state index in [1.165, 1.54) is 18.7 Å². The van der Waals surface area contributed by atoms with Crippen LogP contribution in [-0.2, 0) is 4.79 Å². The Labute approximate surface area is 146 Å². The molecule has 0 aliphatic carbocycles. The molecule has 25 heavy (non-hydrogen) atoms. The maximum absolute atomic E-state index is 11.0. The van der Waals surface area contributed by atoms with Crippen molar-refractivity contribution in [3.8, 4) is 22.9 Å². The molecule has 0 aliphatic rings. The van der Waals surface area contributed by atoms with Crippen molar-refractivity contribution >= 4 is 28.6 Å². The molecule has 124 valence electrons. The number of carbonyl (C=O) groups excluding carboxylic acids is 1. The number of fused-ring (bicyclic) bond motifs is 1. The number of ketones is 1. The van der Waals surface area contributed by atoms with E-state index in [-0.39, 0.29) is 5.78 Å². The van der Waals surface area contributed by atoms with Gasteiger partial charge in [-0.25, -0.2) is 0 Å². The van der Waals surface area contributed by atoms with E-state index in [0.717, 1.165) is 16.6 Å². The lowest BCUT2D eigenvalue weighted by Crippen LogP contribution is -1.93. The standard InChI is InChI=1S/C17H13N5O2S/c1-10(23)9-25-17-20-16(21-22-17)15-5-4-14(24-15)11-2-3-12-13(8-11)19-7-6-18-12/h2-8H,9H2,1H3,(H,20,21,22). The molecule has 0 amide bonds. The molecule has 4 aromatic rings. The molecule has 3 heterocycles.